The van der Waals surface area contributed by atoms with Crippen LogP contribution in [-0.4, -0.2) is 57.6 Å². The molecule has 0 unspecified atom stereocenters. The number of non-ortho nitro benzene ring substituents is 1. The van der Waals surface area contributed by atoms with Crippen molar-refractivity contribution in [1.82, 2.24) is 14.9 Å². The van der Waals surface area contributed by atoms with Crippen LogP contribution in [0.2, 0.25) is 0 Å². The summed E-state index contributed by atoms with van der Waals surface area (Å²) in [6.07, 6.45) is 0. The van der Waals surface area contributed by atoms with Crippen molar-refractivity contribution in [3.63, 3.8) is 0 Å². The second-order valence-electron chi connectivity index (χ2n) is 6.83. The second kappa shape index (κ2) is 8.52. The zero-order valence-electron chi connectivity index (χ0n) is 15.8. The number of H-pyrrole nitrogens is 1. The summed E-state index contributed by atoms with van der Waals surface area (Å²) < 4.78 is 0. The van der Waals surface area contributed by atoms with Gasteiger partial charge in [-0.1, -0.05) is 12.1 Å². The molecule has 4 rings (SSSR count). The number of aromatic nitrogens is 2. The molecule has 2 aromatic carbocycles. The van der Waals surface area contributed by atoms with Crippen molar-refractivity contribution in [3.05, 3.63) is 64.5 Å². The number of piperazine rings is 1. The summed E-state index contributed by atoms with van der Waals surface area (Å²) in [5.74, 6) is 2.11. The van der Waals surface area contributed by atoms with E-state index in [0.29, 0.717) is 24.6 Å². The van der Waals surface area contributed by atoms with Gasteiger partial charge in [-0.3, -0.25) is 14.9 Å². The number of hydrogen-bond acceptors (Lipinski definition) is 6. The lowest BCUT2D eigenvalue weighted by molar-refractivity contribution is -0.384. The Bertz CT molecular complexity index is 979. The maximum atomic E-state index is 12.5. The first-order chi connectivity index (χ1) is 14.1. The third-order valence-electron chi connectivity index (χ3n) is 4.96. The van der Waals surface area contributed by atoms with E-state index in [1.54, 1.807) is 23.9 Å². The Hall–Kier alpha value is -3.07. The van der Waals surface area contributed by atoms with Crippen LogP contribution in [0.25, 0.3) is 11.0 Å². The van der Waals surface area contributed by atoms with Crippen molar-refractivity contribution in [2.45, 2.75) is 5.75 Å². The molecule has 1 amide bonds. The number of rotatable bonds is 6. The summed E-state index contributed by atoms with van der Waals surface area (Å²) in [4.78, 5) is 34.7. The zero-order chi connectivity index (χ0) is 20.2. The standard InChI is InChI=1S/C20H21N5O3S/c26-20(14-29-13-19-21-17-3-1-2-4-18(17)22-19)24-11-9-23(10-12-24)15-5-7-16(8-6-15)25(27)28/h1-8H,9-14H2,(H,21,22). The quantitative estimate of drug-likeness (QED) is 0.495. The molecule has 2 heterocycles. The van der Waals surface area contributed by atoms with E-state index in [2.05, 4.69) is 14.9 Å². The Balaban J connectivity index is 1.24. The monoisotopic (exact) mass is 411 g/mol. The third kappa shape index (κ3) is 4.51. The van der Waals surface area contributed by atoms with Crippen LogP contribution in [0.4, 0.5) is 11.4 Å². The molecule has 3 aromatic rings. The van der Waals surface area contributed by atoms with Crippen LogP contribution in [0.5, 0.6) is 0 Å². The fourth-order valence-electron chi connectivity index (χ4n) is 3.40. The maximum Gasteiger partial charge on any atom is 0.269 e. The summed E-state index contributed by atoms with van der Waals surface area (Å²) in [7, 11) is 0. The first kappa shape index (κ1) is 19.3. The molecule has 0 spiro atoms. The van der Waals surface area contributed by atoms with Gasteiger partial charge in [0.25, 0.3) is 5.69 Å². The van der Waals surface area contributed by atoms with E-state index in [1.807, 2.05) is 29.2 Å². The van der Waals surface area contributed by atoms with Gasteiger partial charge in [-0.25, -0.2) is 4.98 Å². The SMILES string of the molecule is O=C(CSCc1nc2ccccc2[nH]1)N1CCN(c2ccc([N+](=O)[O-])cc2)CC1. The molecule has 29 heavy (non-hydrogen) atoms. The van der Waals surface area contributed by atoms with Gasteiger partial charge in [-0.15, -0.1) is 11.8 Å². The van der Waals surface area contributed by atoms with Gasteiger partial charge < -0.3 is 14.8 Å². The molecular weight excluding hydrogens is 390 g/mol. The highest BCUT2D eigenvalue weighted by molar-refractivity contribution is 7.99. The number of anilines is 1. The first-order valence-corrected chi connectivity index (χ1v) is 10.5. The number of carbonyl (C=O) groups excluding carboxylic acids is 1. The molecule has 0 bridgehead atoms. The van der Waals surface area contributed by atoms with Crippen molar-refractivity contribution in [2.24, 2.45) is 0 Å². The van der Waals surface area contributed by atoms with E-state index in [9.17, 15) is 14.9 Å². The fourth-order valence-corrected chi connectivity index (χ4v) is 4.19. The minimum absolute atomic E-state index is 0.0871. The molecule has 0 radical (unpaired) electrons. The van der Waals surface area contributed by atoms with E-state index < -0.39 is 4.92 Å². The van der Waals surface area contributed by atoms with E-state index in [0.717, 1.165) is 35.6 Å². The van der Waals surface area contributed by atoms with E-state index in [4.69, 9.17) is 0 Å². The van der Waals surface area contributed by atoms with Gasteiger partial charge in [-0.05, 0) is 24.3 Å². The molecule has 1 aromatic heterocycles. The minimum atomic E-state index is -0.399. The molecule has 9 heteroatoms. The van der Waals surface area contributed by atoms with E-state index in [1.165, 1.54) is 12.1 Å². The summed E-state index contributed by atoms with van der Waals surface area (Å²) in [5.41, 5.74) is 2.99. The number of imidazole rings is 1. The van der Waals surface area contributed by atoms with Gasteiger partial charge in [-0.2, -0.15) is 0 Å². The molecule has 0 atom stereocenters. The molecule has 8 nitrogen and oxygen atoms in total. The molecule has 1 saturated heterocycles. The fraction of sp³-hybridized carbons (Fsp3) is 0.300. The van der Waals surface area contributed by atoms with Crippen LogP contribution in [0.1, 0.15) is 5.82 Å². The minimum Gasteiger partial charge on any atom is -0.368 e. The normalized spacial score (nSPS) is 14.3. The highest BCUT2D eigenvalue weighted by atomic mass is 32.2. The predicted molar refractivity (Wildman–Crippen MR) is 114 cm³/mol. The highest BCUT2D eigenvalue weighted by Crippen LogP contribution is 2.21. The number of nitro groups is 1. The number of para-hydroxylation sites is 2. The Labute approximate surface area is 172 Å². The van der Waals surface area contributed by atoms with E-state index >= 15 is 0 Å². The van der Waals surface area contributed by atoms with Gasteiger partial charge in [0.15, 0.2) is 0 Å². The topological polar surface area (TPSA) is 95.4 Å². The first-order valence-electron chi connectivity index (χ1n) is 9.39. The van der Waals surface area contributed by atoms with Crippen LogP contribution >= 0.6 is 11.8 Å². The molecule has 0 saturated carbocycles. The van der Waals surface area contributed by atoms with Crippen LogP contribution in [0.15, 0.2) is 48.5 Å². The Morgan fingerprint density at radius 1 is 1.10 bits per heavy atom. The van der Waals surface area contributed by atoms with Crippen LogP contribution < -0.4 is 4.90 Å². The van der Waals surface area contributed by atoms with E-state index in [-0.39, 0.29) is 11.6 Å². The number of benzene rings is 2. The van der Waals surface area contributed by atoms with Gasteiger partial charge >= 0.3 is 0 Å². The van der Waals surface area contributed by atoms with Crippen LogP contribution in [0, 0.1) is 10.1 Å². The third-order valence-corrected chi connectivity index (χ3v) is 5.89. The summed E-state index contributed by atoms with van der Waals surface area (Å²) in [6.45, 7) is 2.75. The number of amides is 1. The number of carbonyl (C=O) groups is 1. The maximum absolute atomic E-state index is 12.5. The molecule has 1 aliphatic heterocycles. The molecule has 150 valence electrons. The van der Waals surface area contributed by atoms with Crippen molar-refractivity contribution >= 4 is 40.1 Å². The molecule has 1 aliphatic rings. The van der Waals surface area contributed by atoms with Gasteiger partial charge in [0, 0.05) is 44.0 Å². The molecule has 0 aliphatic carbocycles. The number of fused-ring (bicyclic) bond motifs is 1. The van der Waals surface area contributed by atoms with Gasteiger partial charge in [0.1, 0.15) is 5.82 Å². The second-order valence-corrected chi connectivity index (χ2v) is 7.82. The number of thioether (sulfide) groups is 1. The zero-order valence-corrected chi connectivity index (χ0v) is 16.6. The largest absolute Gasteiger partial charge is 0.368 e. The summed E-state index contributed by atoms with van der Waals surface area (Å²) >= 11 is 1.56. The number of hydrogen-bond donors (Lipinski definition) is 1. The molecule has 1 fully saturated rings. The van der Waals surface area contributed by atoms with Crippen molar-refractivity contribution in [3.8, 4) is 0 Å². The lowest BCUT2D eigenvalue weighted by atomic mass is 10.2. The predicted octanol–water partition coefficient (Wildman–Crippen LogP) is 3.05. The van der Waals surface area contributed by atoms with Crippen LogP contribution in [0.3, 0.4) is 0 Å². The molecule has 1 N–H and O–H groups in total. The van der Waals surface area contributed by atoms with Gasteiger partial charge in [0.05, 0.1) is 27.5 Å². The van der Waals surface area contributed by atoms with Gasteiger partial charge in [0.2, 0.25) is 5.91 Å². The van der Waals surface area contributed by atoms with Crippen molar-refractivity contribution in [1.29, 1.82) is 0 Å². The van der Waals surface area contributed by atoms with Crippen LogP contribution in [-0.2, 0) is 10.5 Å². The van der Waals surface area contributed by atoms with Crippen molar-refractivity contribution in [2.75, 3.05) is 36.8 Å². The molecular formula is C20H21N5O3S. The number of aromatic amines is 1. The number of nitro benzene ring substituents is 1. The highest BCUT2D eigenvalue weighted by Gasteiger charge is 2.21. The summed E-state index contributed by atoms with van der Waals surface area (Å²) in [5, 5.41) is 10.8. The van der Waals surface area contributed by atoms with Crippen molar-refractivity contribution < 1.29 is 9.72 Å². The Morgan fingerprint density at radius 2 is 1.83 bits per heavy atom. The average molecular weight is 411 g/mol. The lowest BCUT2D eigenvalue weighted by Crippen LogP contribution is -2.49. The summed E-state index contributed by atoms with van der Waals surface area (Å²) in [6, 6.07) is 14.4. The smallest absolute Gasteiger partial charge is 0.269 e. The average Bonchev–Trinajstić information content (AvgIpc) is 3.16. The number of nitrogens with one attached hydrogen (secondary N) is 1. The lowest BCUT2D eigenvalue weighted by Gasteiger charge is -2.36. The Kier molecular flexibility index (Phi) is 5.66. The number of nitrogens with zero attached hydrogens (tertiary/aromatic N) is 4. The Morgan fingerprint density at radius 3 is 2.52 bits per heavy atom.